The minimum atomic E-state index is -0.239. The molecule has 0 saturated heterocycles. The smallest absolute Gasteiger partial charge is 0.331 e. The topological polar surface area (TPSA) is 44.8 Å². The van der Waals surface area contributed by atoms with E-state index in [0.717, 1.165) is 36.3 Å². The summed E-state index contributed by atoms with van der Waals surface area (Å²) in [5.74, 6) is 2.02. The van der Waals surface area contributed by atoms with Gasteiger partial charge in [-0.25, -0.2) is 4.79 Å². The first-order valence-corrected chi connectivity index (χ1v) is 9.82. The molecule has 0 unspecified atom stereocenters. The highest BCUT2D eigenvalue weighted by Crippen LogP contribution is 2.66. The lowest BCUT2D eigenvalue weighted by Gasteiger charge is -2.38. The fourth-order valence-corrected chi connectivity index (χ4v) is 4.97. The van der Waals surface area contributed by atoms with Gasteiger partial charge in [-0.2, -0.15) is 0 Å². The van der Waals surface area contributed by atoms with Crippen LogP contribution in [-0.2, 0) is 16.0 Å². The minimum Gasteiger partial charge on any atom is -0.459 e. The van der Waals surface area contributed by atoms with Crippen LogP contribution in [0, 0.1) is 16.7 Å². The van der Waals surface area contributed by atoms with Gasteiger partial charge in [-0.3, -0.25) is 0 Å². The van der Waals surface area contributed by atoms with Gasteiger partial charge in [0.15, 0.2) is 11.5 Å². The van der Waals surface area contributed by atoms with Gasteiger partial charge >= 0.3 is 5.97 Å². The standard InChI is InChI=1S/C23H28O4/c1-22(2)17-11-12-23(22,3)20(14-17)27-21(24)8-6-4-5-7-16-9-10-18-19(13-16)26-15-25-18/h4-6,8-10,13,17,20H,7,11-12,14-15H2,1-3H3/b5-4+,8-6+/t17-,20+,23+/m0/s1. The fourth-order valence-electron chi connectivity index (χ4n) is 4.97. The molecule has 3 atom stereocenters. The number of rotatable bonds is 5. The lowest BCUT2D eigenvalue weighted by molar-refractivity contribution is -0.150. The molecule has 4 rings (SSSR count). The molecule has 2 aliphatic carbocycles. The van der Waals surface area contributed by atoms with Crippen molar-refractivity contribution in [2.24, 2.45) is 16.7 Å². The van der Waals surface area contributed by atoms with E-state index in [1.807, 2.05) is 30.4 Å². The molecule has 2 saturated carbocycles. The van der Waals surface area contributed by atoms with E-state index in [0.29, 0.717) is 5.92 Å². The molecule has 1 aromatic rings. The zero-order chi connectivity index (χ0) is 19.1. The quantitative estimate of drug-likeness (QED) is 0.424. The maximum atomic E-state index is 12.2. The normalized spacial score (nSPS) is 30.5. The zero-order valence-electron chi connectivity index (χ0n) is 16.4. The Hall–Kier alpha value is -2.23. The van der Waals surface area contributed by atoms with Crippen LogP contribution in [0.2, 0.25) is 0 Å². The van der Waals surface area contributed by atoms with Gasteiger partial charge in [-0.05, 0) is 54.7 Å². The molecule has 144 valence electrons. The van der Waals surface area contributed by atoms with E-state index in [2.05, 4.69) is 20.8 Å². The molecule has 27 heavy (non-hydrogen) atoms. The summed E-state index contributed by atoms with van der Waals surface area (Å²) in [6, 6.07) is 5.94. The Bertz CT molecular complexity index is 792. The highest BCUT2D eigenvalue weighted by atomic mass is 16.7. The second-order valence-corrected chi connectivity index (χ2v) is 8.71. The molecule has 3 aliphatic rings. The molecule has 4 nitrogen and oxygen atoms in total. The van der Waals surface area contributed by atoms with Crippen LogP contribution in [-0.4, -0.2) is 18.9 Å². The van der Waals surface area contributed by atoms with Crippen molar-refractivity contribution in [1.29, 1.82) is 0 Å². The van der Waals surface area contributed by atoms with Gasteiger partial charge in [0.25, 0.3) is 0 Å². The Morgan fingerprint density at radius 1 is 1.22 bits per heavy atom. The van der Waals surface area contributed by atoms with Crippen molar-refractivity contribution in [3.8, 4) is 11.5 Å². The third-order valence-corrected chi connectivity index (χ3v) is 7.24. The Balaban J connectivity index is 1.28. The Labute approximate surface area is 161 Å². The molecule has 0 aromatic heterocycles. The number of fused-ring (bicyclic) bond motifs is 3. The summed E-state index contributed by atoms with van der Waals surface area (Å²) in [5.41, 5.74) is 1.51. The summed E-state index contributed by atoms with van der Waals surface area (Å²) in [6.07, 6.45) is 11.4. The first-order valence-electron chi connectivity index (χ1n) is 9.82. The molecule has 1 aliphatic heterocycles. The first-order chi connectivity index (χ1) is 12.9. The third kappa shape index (κ3) is 3.15. The maximum absolute atomic E-state index is 12.2. The number of benzene rings is 1. The predicted octanol–water partition coefficient (Wildman–Crippen LogP) is 4.83. The van der Waals surface area contributed by atoms with E-state index in [4.69, 9.17) is 14.2 Å². The van der Waals surface area contributed by atoms with Crippen LogP contribution in [0.4, 0.5) is 0 Å². The predicted molar refractivity (Wildman–Crippen MR) is 104 cm³/mol. The molecule has 0 radical (unpaired) electrons. The van der Waals surface area contributed by atoms with Crippen molar-refractivity contribution in [2.45, 2.75) is 52.6 Å². The maximum Gasteiger partial charge on any atom is 0.331 e. The molecular weight excluding hydrogens is 340 g/mol. The lowest BCUT2D eigenvalue weighted by atomic mass is 9.70. The molecule has 0 amide bonds. The van der Waals surface area contributed by atoms with Gasteiger partial charge < -0.3 is 14.2 Å². The lowest BCUT2D eigenvalue weighted by Crippen LogP contribution is -2.38. The first kappa shape index (κ1) is 18.1. The van der Waals surface area contributed by atoms with E-state index < -0.39 is 0 Å². The number of ether oxygens (including phenoxy) is 3. The summed E-state index contributed by atoms with van der Waals surface area (Å²) in [7, 11) is 0. The van der Waals surface area contributed by atoms with Gasteiger partial charge in [0.1, 0.15) is 6.10 Å². The van der Waals surface area contributed by atoms with E-state index in [1.54, 1.807) is 6.08 Å². The average Bonchev–Trinajstić information content (AvgIpc) is 3.23. The summed E-state index contributed by atoms with van der Waals surface area (Å²) in [6.45, 7) is 7.23. The molecule has 1 heterocycles. The van der Waals surface area contributed by atoms with E-state index in [-0.39, 0.29) is 29.7 Å². The molecule has 4 heteroatoms. The van der Waals surface area contributed by atoms with E-state index in [9.17, 15) is 4.79 Å². The van der Waals surface area contributed by atoms with Crippen LogP contribution in [0.25, 0.3) is 0 Å². The van der Waals surface area contributed by atoms with Gasteiger partial charge in [-0.15, -0.1) is 0 Å². The van der Waals surface area contributed by atoms with Gasteiger partial charge in [0, 0.05) is 11.5 Å². The summed E-state index contributed by atoms with van der Waals surface area (Å²) in [5, 5.41) is 0. The van der Waals surface area contributed by atoms with Crippen LogP contribution >= 0.6 is 0 Å². The van der Waals surface area contributed by atoms with Crippen LogP contribution in [0.15, 0.2) is 42.5 Å². The molecular formula is C23H28O4. The monoisotopic (exact) mass is 368 g/mol. The van der Waals surface area contributed by atoms with Crippen molar-refractivity contribution in [3.63, 3.8) is 0 Å². The van der Waals surface area contributed by atoms with E-state index in [1.165, 1.54) is 12.5 Å². The fraction of sp³-hybridized carbons (Fsp3) is 0.522. The number of hydrogen-bond acceptors (Lipinski definition) is 4. The molecule has 2 bridgehead atoms. The molecule has 2 fully saturated rings. The van der Waals surface area contributed by atoms with Crippen LogP contribution < -0.4 is 9.47 Å². The van der Waals surface area contributed by atoms with Gasteiger partial charge in [0.05, 0.1) is 0 Å². The largest absolute Gasteiger partial charge is 0.459 e. The summed E-state index contributed by atoms with van der Waals surface area (Å²) < 4.78 is 16.5. The Morgan fingerprint density at radius 2 is 2.04 bits per heavy atom. The number of carbonyl (C=O) groups excluding carboxylic acids is 1. The van der Waals surface area contributed by atoms with Gasteiger partial charge in [0.2, 0.25) is 6.79 Å². The third-order valence-electron chi connectivity index (χ3n) is 7.24. The van der Waals surface area contributed by atoms with Crippen molar-refractivity contribution in [3.05, 3.63) is 48.1 Å². The molecule has 0 N–H and O–H groups in total. The highest BCUT2D eigenvalue weighted by Gasteiger charge is 2.62. The number of carbonyl (C=O) groups is 1. The van der Waals surface area contributed by atoms with Crippen molar-refractivity contribution in [2.75, 3.05) is 6.79 Å². The number of esters is 1. The number of allylic oxidation sites excluding steroid dienone is 3. The zero-order valence-corrected chi connectivity index (χ0v) is 16.4. The molecule has 1 aromatic carbocycles. The average molecular weight is 368 g/mol. The van der Waals surface area contributed by atoms with Crippen LogP contribution in [0.3, 0.4) is 0 Å². The summed E-state index contributed by atoms with van der Waals surface area (Å²) in [4.78, 5) is 12.2. The molecule has 0 spiro atoms. The summed E-state index contributed by atoms with van der Waals surface area (Å²) >= 11 is 0. The van der Waals surface area contributed by atoms with E-state index >= 15 is 0 Å². The Morgan fingerprint density at radius 3 is 2.78 bits per heavy atom. The van der Waals surface area contributed by atoms with Crippen LogP contribution in [0.1, 0.15) is 45.6 Å². The SMILES string of the molecule is CC1(C)[C@H]2CC[C@]1(C)[C@H](OC(=O)/C=C/C=C/Cc1ccc3c(c1)OCO3)C2. The second kappa shape index (κ2) is 6.74. The second-order valence-electron chi connectivity index (χ2n) is 8.71. The Kier molecular flexibility index (Phi) is 4.53. The van der Waals surface area contributed by atoms with Crippen LogP contribution in [0.5, 0.6) is 11.5 Å². The highest BCUT2D eigenvalue weighted by molar-refractivity contribution is 5.82. The number of hydrogen-bond donors (Lipinski definition) is 0. The van der Waals surface area contributed by atoms with Crippen molar-refractivity contribution in [1.82, 2.24) is 0 Å². The minimum absolute atomic E-state index is 0.0426. The van der Waals surface area contributed by atoms with Crippen molar-refractivity contribution >= 4 is 5.97 Å². The van der Waals surface area contributed by atoms with Gasteiger partial charge in [-0.1, -0.05) is 45.1 Å². The van der Waals surface area contributed by atoms with Crippen molar-refractivity contribution < 1.29 is 19.0 Å².